The maximum Gasteiger partial charge on any atom is 0.0334 e. The molecule has 1 aliphatic rings. The molecule has 0 saturated heterocycles. The van der Waals surface area contributed by atoms with Crippen molar-refractivity contribution in [1.29, 1.82) is 0 Å². The summed E-state index contributed by atoms with van der Waals surface area (Å²) in [4.78, 5) is 1.41. The van der Waals surface area contributed by atoms with Crippen LogP contribution in [-0.2, 0) is 0 Å². The molecular formula is C14H23NS. The molecule has 0 amide bonds. The van der Waals surface area contributed by atoms with Crippen LogP contribution in [0.1, 0.15) is 55.5 Å². The van der Waals surface area contributed by atoms with Crippen LogP contribution in [-0.4, -0.2) is 0 Å². The molecule has 1 fully saturated rings. The molecule has 2 N–H and O–H groups in total. The first kappa shape index (κ1) is 12.1. The van der Waals surface area contributed by atoms with Crippen LogP contribution in [0.25, 0.3) is 0 Å². The van der Waals surface area contributed by atoms with Gasteiger partial charge in [0, 0.05) is 10.9 Å². The Morgan fingerprint density at radius 1 is 1.50 bits per heavy atom. The van der Waals surface area contributed by atoms with Crippen molar-refractivity contribution in [2.45, 2.75) is 52.0 Å². The second kappa shape index (κ2) is 5.33. The zero-order valence-corrected chi connectivity index (χ0v) is 11.2. The van der Waals surface area contributed by atoms with Crippen molar-refractivity contribution in [3.8, 4) is 0 Å². The summed E-state index contributed by atoms with van der Waals surface area (Å²) in [6.45, 7) is 4.51. The zero-order chi connectivity index (χ0) is 11.5. The summed E-state index contributed by atoms with van der Waals surface area (Å²) in [6, 6.07) is 2.50. The summed E-state index contributed by atoms with van der Waals surface area (Å²) in [5.41, 5.74) is 7.83. The van der Waals surface area contributed by atoms with E-state index in [1.54, 1.807) is 0 Å². The fourth-order valence-electron chi connectivity index (χ4n) is 3.02. The molecular weight excluding hydrogens is 214 g/mol. The lowest BCUT2D eigenvalue weighted by atomic mass is 9.75. The average molecular weight is 237 g/mol. The first-order valence-electron chi connectivity index (χ1n) is 6.52. The summed E-state index contributed by atoms with van der Waals surface area (Å²) >= 11 is 1.82. The summed E-state index contributed by atoms with van der Waals surface area (Å²) in [6.07, 6.45) is 6.79. The standard InChI is InChI=1S/C14H23NS/c1-3-11-5-4-6-12(9-11)14(15)13-7-8-16-10(13)2/h7-8,11-12,14H,3-6,9,15H2,1-2H3. The largest absolute Gasteiger partial charge is 0.324 e. The Balaban J connectivity index is 2.04. The Bertz CT molecular complexity index is 331. The highest BCUT2D eigenvalue weighted by Crippen LogP contribution is 2.38. The predicted octanol–water partition coefficient (Wildman–Crippen LogP) is 4.27. The molecule has 2 rings (SSSR count). The molecule has 1 aromatic rings. The molecule has 1 aromatic heterocycles. The van der Waals surface area contributed by atoms with Crippen molar-refractivity contribution >= 4 is 11.3 Å². The van der Waals surface area contributed by atoms with Crippen molar-refractivity contribution in [1.82, 2.24) is 0 Å². The predicted molar refractivity (Wildman–Crippen MR) is 71.7 cm³/mol. The average Bonchev–Trinajstić information content (AvgIpc) is 2.74. The van der Waals surface area contributed by atoms with Crippen LogP contribution in [0.2, 0.25) is 0 Å². The zero-order valence-electron chi connectivity index (χ0n) is 10.4. The molecule has 2 heteroatoms. The fraction of sp³-hybridized carbons (Fsp3) is 0.714. The van der Waals surface area contributed by atoms with Crippen LogP contribution in [0.15, 0.2) is 11.4 Å². The minimum Gasteiger partial charge on any atom is -0.324 e. The molecule has 0 bridgehead atoms. The number of rotatable bonds is 3. The van der Waals surface area contributed by atoms with Gasteiger partial charge in [0.15, 0.2) is 0 Å². The molecule has 0 radical (unpaired) electrons. The van der Waals surface area contributed by atoms with Gasteiger partial charge in [-0.15, -0.1) is 11.3 Å². The Kier molecular flexibility index (Phi) is 4.04. The third-order valence-corrected chi connectivity index (χ3v) is 5.03. The van der Waals surface area contributed by atoms with Gasteiger partial charge < -0.3 is 5.73 Å². The van der Waals surface area contributed by atoms with Crippen molar-refractivity contribution in [2.75, 3.05) is 0 Å². The molecule has 1 aliphatic carbocycles. The van der Waals surface area contributed by atoms with E-state index in [2.05, 4.69) is 25.3 Å². The van der Waals surface area contributed by atoms with Crippen molar-refractivity contribution in [2.24, 2.45) is 17.6 Å². The van der Waals surface area contributed by atoms with E-state index in [0.29, 0.717) is 5.92 Å². The Morgan fingerprint density at radius 2 is 2.31 bits per heavy atom. The van der Waals surface area contributed by atoms with E-state index in [1.165, 1.54) is 42.5 Å². The molecule has 0 spiro atoms. The summed E-state index contributed by atoms with van der Waals surface area (Å²) in [7, 11) is 0. The minimum absolute atomic E-state index is 0.278. The van der Waals surface area contributed by atoms with E-state index in [-0.39, 0.29) is 6.04 Å². The second-order valence-corrected chi connectivity index (χ2v) is 6.28. The third kappa shape index (κ3) is 2.49. The van der Waals surface area contributed by atoms with Crippen molar-refractivity contribution in [3.63, 3.8) is 0 Å². The first-order valence-corrected chi connectivity index (χ1v) is 7.40. The summed E-state index contributed by atoms with van der Waals surface area (Å²) < 4.78 is 0. The lowest BCUT2D eigenvalue weighted by Gasteiger charge is -2.32. The Morgan fingerprint density at radius 3 is 2.94 bits per heavy atom. The highest BCUT2D eigenvalue weighted by atomic mass is 32.1. The van der Waals surface area contributed by atoms with Gasteiger partial charge in [-0.1, -0.05) is 26.2 Å². The second-order valence-electron chi connectivity index (χ2n) is 5.16. The number of hydrogen-bond acceptors (Lipinski definition) is 2. The topological polar surface area (TPSA) is 26.0 Å². The van der Waals surface area contributed by atoms with Crippen LogP contribution in [0, 0.1) is 18.8 Å². The smallest absolute Gasteiger partial charge is 0.0334 e. The number of aryl methyl sites for hydroxylation is 1. The maximum atomic E-state index is 6.44. The molecule has 16 heavy (non-hydrogen) atoms. The van der Waals surface area contributed by atoms with Crippen LogP contribution in [0.5, 0.6) is 0 Å². The number of thiophene rings is 1. The molecule has 1 saturated carbocycles. The SMILES string of the molecule is CCC1CCCC(C(N)c2ccsc2C)C1. The van der Waals surface area contributed by atoms with Crippen LogP contribution in [0.4, 0.5) is 0 Å². The Labute approximate surface area is 103 Å². The van der Waals surface area contributed by atoms with Gasteiger partial charge in [0.1, 0.15) is 0 Å². The van der Waals surface area contributed by atoms with E-state index in [0.717, 1.165) is 5.92 Å². The third-order valence-electron chi connectivity index (χ3n) is 4.17. The minimum atomic E-state index is 0.278. The van der Waals surface area contributed by atoms with Gasteiger partial charge in [0.05, 0.1) is 0 Å². The molecule has 1 heterocycles. The van der Waals surface area contributed by atoms with Crippen LogP contribution < -0.4 is 5.73 Å². The molecule has 0 aromatic carbocycles. The normalized spacial score (nSPS) is 27.9. The first-order chi connectivity index (χ1) is 7.72. The summed E-state index contributed by atoms with van der Waals surface area (Å²) in [5.74, 6) is 1.63. The highest BCUT2D eigenvalue weighted by molar-refractivity contribution is 7.10. The van der Waals surface area contributed by atoms with Gasteiger partial charge in [0.25, 0.3) is 0 Å². The molecule has 3 unspecified atom stereocenters. The number of hydrogen-bond donors (Lipinski definition) is 1. The van der Waals surface area contributed by atoms with Crippen LogP contribution in [0.3, 0.4) is 0 Å². The molecule has 1 nitrogen and oxygen atoms in total. The maximum absolute atomic E-state index is 6.44. The molecule has 0 aliphatic heterocycles. The number of nitrogens with two attached hydrogens (primary N) is 1. The van der Waals surface area contributed by atoms with Gasteiger partial charge in [-0.3, -0.25) is 0 Å². The van der Waals surface area contributed by atoms with E-state index >= 15 is 0 Å². The van der Waals surface area contributed by atoms with Gasteiger partial charge in [0.2, 0.25) is 0 Å². The van der Waals surface area contributed by atoms with Crippen molar-refractivity contribution in [3.05, 3.63) is 21.9 Å². The lowest BCUT2D eigenvalue weighted by Crippen LogP contribution is -2.26. The highest BCUT2D eigenvalue weighted by Gasteiger charge is 2.27. The fourth-order valence-corrected chi connectivity index (χ4v) is 3.78. The van der Waals surface area contributed by atoms with Gasteiger partial charge in [-0.25, -0.2) is 0 Å². The van der Waals surface area contributed by atoms with E-state index < -0.39 is 0 Å². The van der Waals surface area contributed by atoms with E-state index in [1.807, 2.05) is 11.3 Å². The van der Waals surface area contributed by atoms with Gasteiger partial charge >= 0.3 is 0 Å². The van der Waals surface area contributed by atoms with Gasteiger partial charge in [-0.05, 0) is 48.6 Å². The molecule has 3 atom stereocenters. The summed E-state index contributed by atoms with van der Waals surface area (Å²) in [5, 5.41) is 2.17. The van der Waals surface area contributed by atoms with Gasteiger partial charge in [-0.2, -0.15) is 0 Å². The molecule has 90 valence electrons. The van der Waals surface area contributed by atoms with E-state index in [4.69, 9.17) is 5.73 Å². The quantitative estimate of drug-likeness (QED) is 0.834. The van der Waals surface area contributed by atoms with E-state index in [9.17, 15) is 0 Å². The van der Waals surface area contributed by atoms with Crippen molar-refractivity contribution < 1.29 is 0 Å². The van der Waals surface area contributed by atoms with Crippen LogP contribution >= 0.6 is 11.3 Å². The Hall–Kier alpha value is -0.340. The lowest BCUT2D eigenvalue weighted by molar-refractivity contribution is 0.230. The monoisotopic (exact) mass is 237 g/mol.